The molecule has 0 amide bonds. The van der Waals surface area contributed by atoms with E-state index in [1.807, 2.05) is 0 Å². The summed E-state index contributed by atoms with van der Waals surface area (Å²) in [7, 11) is 0. The molecule has 26 heavy (non-hydrogen) atoms. The Hall–Kier alpha value is -1.14. The van der Waals surface area contributed by atoms with E-state index in [1.165, 1.54) is 0 Å². The van der Waals surface area contributed by atoms with Crippen molar-refractivity contribution < 1.29 is 28.9 Å². The molecule has 5 rings (SSSR count). The lowest BCUT2D eigenvalue weighted by atomic mass is 9.44. The highest BCUT2D eigenvalue weighted by Crippen LogP contribution is 2.70. The van der Waals surface area contributed by atoms with Crippen LogP contribution in [-0.2, 0) is 23.8 Å². The van der Waals surface area contributed by atoms with Gasteiger partial charge in [-0.1, -0.05) is 20.3 Å². The topological polar surface area (TPSA) is 82.1 Å². The molecule has 3 saturated heterocycles. The Kier molecular flexibility index (Phi) is 3.15. The molecule has 5 fully saturated rings. The van der Waals surface area contributed by atoms with E-state index in [1.54, 1.807) is 0 Å². The number of carbonyl (C=O) groups excluding carboxylic acids is 2. The zero-order valence-electron chi connectivity index (χ0n) is 15.7. The van der Waals surface area contributed by atoms with Crippen LogP contribution in [0.1, 0.15) is 59.3 Å². The number of hydrogen-bond donors (Lipinski definition) is 1. The van der Waals surface area contributed by atoms with Gasteiger partial charge in [-0.2, -0.15) is 0 Å². The highest BCUT2D eigenvalue weighted by Gasteiger charge is 2.75. The van der Waals surface area contributed by atoms with Gasteiger partial charge in [-0.05, 0) is 44.9 Å². The lowest BCUT2D eigenvalue weighted by Gasteiger charge is -2.62. The average Bonchev–Trinajstić information content (AvgIpc) is 3.19. The second-order valence-electron chi connectivity index (χ2n) is 9.81. The first-order chi connectivity index (χ1) is 12.2. The fraction of sp³-hybridized carbons (Fsp3) is 0.900. The van der Waals surface area contributed by atoms with Crippen molar-refractivity contribution >= 4 is 11.9 Å². The first kappa shape index (κ1) is 17.0. The molecule has 2 aliphatic carbocycles. The molecule has 0 bridgehead atoms. The van der Waals surface area contributed by atoms with Crippen molar-refractivity contribution in [2.75, 3.05) is 6.61 Å². The molecule has 6 nitrogen and oxygen atoms in total. The zero-order valence-corrected chi connectivity index (χ0v) is 15.7. The Morgan fingerprint density at radius 2 is 1.88 bits per heavy atom. The monoisotopic (exact) mass is 364 g/mol. The molecule has 0 aromatic carbocycles. The third-order valence-corrected chi connectivity index (χ3v) is 8.70. The van der Waals surface area contributed by atoms with Crippen molar-refractivity contribution in [3.8, 4) is 0 Å². The number of fused-ring (bicyclic) bond motifs is 1. The third-order valence-electron chi connectivity index (χ3n) is 8.70. The average molecular weight is 364 g/mol. The van der Waals surface area contributed by atoms with Gasteiger partial charge in [-0.25, -0.2) is 4.79 Å². The van der Waals surface area contributed by atoms with Crippen LogP contribution in [0.15, 0.2) is 0 Å². The number of carbonyl (C=O) groups is 2. The smallest absolute Gasteiger partial charge is 0.338 e. The SMILES string of the molecule is C[C@H]1C[C@@H]2OC(=O)[C@]3(C)CCC[C@@](C)([C@H]23)[C@]12CC[C@@]1(COC(=O)[C@@H]1O)O2. The first-order valence-corrected chi connectivity index (χ1v) is 9.95. The van der Waals surface area contributed by atoms with Crippen molar-refractivity contribution in [2.45, 2.75) is 82.7 Å². The Balaban J connectivity index is 1.60. The molecule has 5 aliphatic rings. The van der Waals surface area contributed by atoms with Crippen LogP contribution in [0, 0.1) is 22.7 Å². The minimum absolute atomic E-state index is 0.0510. The molecule has 2 saturated carbocycles. The summed E-state index contributed by atoms with van der Waals surface area (Å²) in [6, 6.07) is 0. The Labute approximate surface area is 153 Å². The summed E-state index contributed by atoms with van der Waals surface area (Å²) in [6.07, 6.45) is 3.72. The zero-order chi connectivity index (χ0) is 18.5. The van der Waals surface area contributed by atoms with E-state index in [0.29, 0.717) is 6.42 Å². The number of esters is 2. The molecule has 0 aromatic heterocycles. The van der Waals surface area contributed by atoms with Crippen LogP contribution in [0.2, 0.25) is 0 Å². The summed E-state index contributed by atoms with van der Waals surface area (Å²) in [5.41, 5.74) is -2.06. The van der Waals surface area contributed by atoms with E-state index in [0.717, 1.165) is 32.1 Å². The normalized spacial score (nSPS) is 58.2. The molecule has 1 N–H and O–H groups in total. The number of cyclic esters (lactones) is 1. The summed E-state index contributed by atoms with van der Waals surface area (Å²) in [5.74, 6) is -0.335. The molecule has 6 heteroatoms. The Morgan fingerprint density at radius 3 is 2.58 bits per heavy atom. The van der Waals surface area contributed by atoms with Crippen molar-refractivity contribution in [3.63, 3.8) is 0 Å². The fourth-order valence-corrected chi connectivity index (χ4v) is 7.46. The number of aliphatic hydroxyl groups excluding tert-OH is 1. The maximum atomic E-state index is 12.7. The summed E-state index contributed by atoms with van der Waals surface area (Å²) < 4.78 is 17.7. The first-order valence-electron chi connectivity index (χ1n) is 9.95. The van der Waals surface area contributed by atoms with Gasteiger partial charge in [0.15, 0.2) is 6.10 Å². The van der Waals surface area contributed by atoms with Crippen molar-refractivity contribution in [1.82, 2.24) is 0 Å². The maximum absolute atomic E-state index is 12.7. The molecule has 144 valence electrons. The van der Waals surface area contributed by atoms with E-state index in [-0.39, 0.29) is 35.9 Å². The molecule has 0 unspecified atom stereocenters. The maximum Gasteiger partial charge on any atom is 0.338 e. The summed E-state index contributed by atoms with van der Waals surface area (Å²) in [4.78, 5) is 24.5. The predicted molar refractivity (Wildman–Crippen MR) is 90.0 cm³/mol. The van der Waals surface area contributed by atoms with E-state index in [4.69, 9.17) is 14.2 Å². The van der Waals surface area contributed by atoms with Crippen LogP contribution in [-0.4, -0.2) is 47.1 Å². The van der Waals surface area contributed by atoms with Gasteiger partial charge in [0.2, 0.25) is 0 Å². The van der Waals surface area contributed by atoms with Gasteiger partial charge in [0.1, 0.15) is 18.3 Å². The second-order valence-corrected chi connectivity index (χ2v) is 9.81. The van der Waals surface area contributed by atoms with Crippen LogP contribution >= 0.6 is 0 Å². The van der Waals surface area contributed by atoms with Gasteiger partial charge < -0.3 is 19.3 Å². The molecular weight excluding hydrogens is 336 g/mol. The molecular formula is C20H28O6. The van der Waals surface area contributed by atoms with E-state index < -0.39 is 28.7 Å². The number of rotatable bonds is 0. The van der Waals surface area contributed by atoms with E-state index >= 15 is 0 Å². The van der Waals surface area contributed by atoms with Gasteiger partial charge in [-0.3, -0.25) is 4.79 Å². The molecule has 0 aromatic rings. The highest BCUT2D eigenvalue weighted by atomic mass is 16.6. The van der Waals surface area contributed by atoms with Gasteiger partial charge in [0, 0.05) is 11.3 Å². The van der Waals surface area contributed by atoms with Gasteiger partial charge in [-0.15, -0.1) is 0 Å². The van der Waals surface area contributed by atoms with Crippen molar-refractivity contribution in [2.24, 2.45) is 22.7 Å². The third kappa shape index (κ3) is 1.67. The predicted octanol–water partition coefficient (Wildman–Crippen LogP) is 1.97. The largest absolute Gasteiger partial charge is 0.462 e. The standard InChI is InChI=1S/C20H28O6/c1-11-9-12-13-17(2,16(23)25-12)5-4-6-18(13,3)20(11)8-7-19(26-20)10-24-15(22)14(19)21/h11-14,21H,4-10H2,1-3H3/t11-,12-,13+,14-,17+,18-,19-,20-/m0/s1. The lowest BCUT2D eigenvalue weighted by molar-refractivity contribution is -0.260. The van der Waals surface area contributed by atoms with Gasteiger partial charge in [0.05, 0.1) is 11.0 Å². The Morgan fingerprint density at radius 1 is 1.12 bits per heavy atom. The van der Waals surface area contributed by atoms with Crippen LogP contribution in [0.4, 0.5) is 0 Å². The number of ether oxygens (including phenoxy) is 3. The number of hydrogen-bond acceptors (Lipinski definition) is 6. The summed E-state index contributed by atoms with van der Waals surface area (Å²) in [5, 5.41) is 10.5. The van der Waals surface area contributed by atoms with Gasteiger partial charge in [0.25, 0.3) is 0 Å². The summed E-state index contributed by atoms with van der Waals surface area (Å²) in [6.45, 7) is 6.60. The molecule has 8 atom stereocenters. The lowest BCUT2D eigenvalue weighted by Crippen LogP contribution is -2.66. The highest BCUT2D eigenvalue weighted by molar-refractivity contribution is 5.80. The quantitative estimate of drug-likeness (QED) is 0.662. The summed E-state index contributed by atoms with van der Waals surface area (Å²) >= 11 is 0. The second kappa shape index (κ2) is 4.82. The molecule has 3 aliphatic heterocycles. The van der Waals surface area contributed by atoms with Crippen LogP contribution in [0.5, 0.6) is 0 Å². The Bertz CT molecular complexity index is 692. The fourth-order valence-electron chi connectivity index (χ4n) is 7.46. The number of aliphatic hydroxyl groups is 1. The minimum Gasteiger partial charge on any atom is -0.462 e. The van der Waals surface area contributed by atoms with Crippen molar-refractivity contribution in [3.05, 3.63) is 0 Å². The van der Waals surface area contributed by atoms with E-state index in [2.05, 4.69) is 20.8 Å². The van der Waals surface area contributed by atoms with Crippen LogP contribution < -0.4 is 0 Å². The van der Waals surface area contributed by atoms with Crippen molar-refractivity contribution in [1.29, 1.82) is 0 Å². The van der Waals surface area contributed by atoms with Crippen LogP contribution in [0.25, 0.3) is 0 Å². The van der Waals surface area contributed by atoms with E-state index in [9.17, 15) is 14.7 Å². The minimum atomic E-state index is -1.22. The van der Waals surface area contributed by atoms with Crippen LogP contribution in [0.3, 0.4) is 0 Å². The molecule has 0 radical (unpaired) electrons. The van der Waals surface area contributed by atoms with Gasteiger partial charge >= 0.3 is 11.9 Å². The molecule has 2 spiro atoms. The molecule has 3 heterocycles.